The molecule has 3 aliphatic rings. The van der Waals surface area contributed by atoms with E-state index < -0.39 is 18.2 Å². The van der Waals surface area contributed by atoms with Crippen LogP contribution in [0.3, 0.4) is 0 Å². The molecule has 2 unspecified atom stereocenters. The SMILES string of the molecule is C=CCN1C(=O)C2C(N=C3N(c4ccc(OC)cc4OC)C(c4ccccc4)=CN32)N(C)C1=O. The summed E-state index contributed by atoms with van der Waals surface area (Å²) in [6.07, 6.45) is 2.82. The van der Waals surface area contributed by atoms with Crippen LogP contribution in [0.5, 0.6) is 11.5 Å². The standard InChI is InChI=1S/C25H25N5O4/c1-5-13-28-23(31)21-22(27(2)25(28)32)26-24-29(21)15-19(16-9-7-6-8-10-16)30(24)18-12-11-17(33-3)14-20(18)34-4/h5-12,14-15,21-22H,1,13H2,2-4H3. The average molecular weight is 460 g/mol. The van der Waals surface area contributed by atoms with E-state index in [0.29, 0.717) is 17.5 Å². The van der Waals surface area contributed by atoms with Crippen molar-refractivity contribution >= 4 is 29.3 Å². The number of hydrogen-bond acceptors (Lipinski definition) is 7. The quantitative estimate of drug-likeness (QED) is 0.618. The Bertz CT molecular complexity index is 1230. The van der Waals surface area contributed by atoms with Gasteiger partial charge in [-0.15, -0.1) is 6.58 Å². The maximum absolute atomic E-state index is 13.4. The van der Waals surface area contributed by atoms with Crippen LogP contribution < -0.4 is 14.4 Å². The highest BCUT2D eigenvalue weighted by atomic mass is 16.5. The molecule has 1 saturated heterocycles. The molecule has 9 nitrogen and oxygen atoms in total. The maximum atomic E-state index is 13.4. The number of rotatable bonds is 6. The van der Waals surface area contributed by atoms with E-state index in [1.807, 2.05) is 58.5 Å². The molecule has 34 heavy (non-hydrogen) atoms. The molecule has 0 saturated carbocycles. The molecule has 9 heteroatoms. The van der Waals surface area contributed by atoms with E-state index in [4.69, 9.17) is 14.5 Å². The number of likely N-dealkylation sites (N-methyl/N-ethyl adjacent to an activating group) is 1. The van der Waals surface area contributed by atoms with Gasteiger partial charge in [0.05, 0.1) is 25.6 Å². The zero-order valence-corrected chi connectivity index (χ0v) is 19.2. The second-order valence-electron chi connectivity index (χ2n) is 8.08. The number of carbonyl (C=O) groups is 2. The fourth-order valence-electron chi connectivity index (χ4n) is 4.55. The van der Waals surface area contributed by atoms with Gasteiger partial charge < -0.3 is 14.4 Å². The van der Waals surface area contributed by atoms with E-state index in [-0.39, 0.29) is 12.5 Å². The monoisotopic (exact) mass is 459 g/mol. The number of anilines is 1. The zero-order valence-electron chi connectivity index (χ0n) is 19.2. The van der Waals surface area contributed by atoms with Crippen LogP contribution in [0.2, 0.25) is 0 Å². The summed E-state index contributed by atoms with van der Waals surface area (Å²) in [7, 11) is 4.85. The minimum absolute atomic E-state index is 0.139. The molecular weight excluding hydrogens is 434 g/mol. The zero-order chi connectivity index (χ0) is 24.0. The van der Waals surface area contributed by atoms with E-state index in [2.05, 4.69) is 6.58 Å². The summed E-state index contributed by atoms with van der Waals surface area (Å²) in [5, 5.41) is 0. The first-order chi connectivity index (χ1) is 16.5. The van der Waals surface area contributed by atoms with Gasteiger partial charge in [-0.05, 0) is 12.1 Å². The predicted molar refractivity (Wildman–Crippen MR) is 128 cm³/mol. The number of aliphatic imine (C=N–C) groups is 1. The molecule has 3 aliphatic heterocycles. The van der Waals surface area contributed by atoms with E-state index >= 15 is 0 Å². The summed E-state index contributed by atoms with van der Waals surface area (Å²) in [5.74, 6) is 1.49. The minimum Gasteiger partial charge on any atom is -0.497 e. The topological polar surface area (TPSA) is 77.9 Å². The van der Waals surface area contributed by atoms with Crippen LogP contribution >= 0.6 is 0 Å². The Morgan fingerprint density at radius 3 is 2.53 bits per heavy atom. The van der Waals surface area contributed by atoms with Gasteiger partial charge in [-0.25, -0.2) is 9.79 Å². The Hall–Kier alpha value is -4.27. The molecule has 0 bridgehead atoms. The number of methoxy groups -OCH3 is 2. The highest BCUT2D eigenvalue weighted by Crippen LogP contribution is 2.43. The molecule has 3 heterocycles. The summed E-state index contributed by atoms with van der Waals surface area (Å²) in [6, 6.07) is 14.3. The van der Waals surface area contributed by atoms with Crippen LogP contribution in [0.15, 0.2) is 72.4 Å². The molecule has 5 rings (SSSR count). The minimum atomic E-state index is -0.675. The summed E-state index contributed by atoms with van der Waals surface area (Å²) in [6.45, 7) is 3.82. The first-order valence-electron chi connectivity index (χ1n) is 10.8. The number of amides is 3. The third-order valence-electron chi connectivity index (χ3n) is 6.22. The summed E-state index contributed by atoms with van der Waals surface area (Å²) in [5.41, 5.74) is 2.52. The Morgan fingerprint density at radius 1 is 1.09 bits per heavy atom. The Kier molecular flexibility index (Phi) is 5.24. The Balaban J connectivity index is 1.65. The lowest BCUT2D eigenvalue weighted by Crippen LogP contribution is -2.64. The smallest absolute Gasteiger partial charge is 0.328 e. The molecule has 174 valence electrons. The van der Waals surface area contributed by atoms with Crippen molar-refractivity contribution in [3.8, 4) is 11.5 Å². The average Bonchev–Trinajstić information content (AvgIpc) is 3.42. The highest BCUT2D eigenvalue weighted by Gasteiger charge is 2.54. The van der Waals surface area contributed by atoms with Gasteiger partial charge in [0.2, 0.25) is 5.96 Å². The third kappa shape index (κ3) is 3.12. The number of ether oxygens (including phenoxy) is 2. The predicted octanol–water partition coefficient (Wildman–Crippen LogP) is 2.97. The molecule has 0 aromatic heterocycles. The molecule has 1 fully saturated rings. The van der Waals surface area contributed by atoms with Crippen molar-refractivity contribution in [3.63, 3.8) is 0 Å². The number of guanidine groups is 1. The molecule has 0 spiro atoms. The lowest BCUT2D eigenvalue weighted by Gasteiger charge is -2.39. The number of fused-ring (bicyclic) bond motifs is 3. The van der Waals surface area contributed by atoms with Crippen molar-refractivity contribution in [2.24, 2.45) is 4.99 Å². The molecule has 0 radical (unpaired) electrons. The van der Waals surface area contributed by atoms with E-state index in [0.717, 1.165) is 16.9 Å². The van der Waals surface area contributed by atoms with Gasteiger partial charge in [0.15, 0.2) is 12.2 Å². The van der Waals surface area contributed by atoms with Crippen LogP contribution in [-0.2, 0) is 4.79 Å². The van der Waals surface area contributed by atoms with E-state index in [9.17, 15) is 9.59 Å². The second-order valence-corrected chi connectivity index (χ2v) is 8.08. The van der Waals surface area contributed by atoms with Crippen LogP contribution in [-0.4, -0.2) is 72.6 Å². The molecular formula is C25H25N5O4. The van der Waals surface area contributed by atoms with Crippen molar-refractivity contribution < 1.29 is 19.1 Å². The van der Waals surface area contributed by atoms with E-state index in [1.54, 1.807) is 33.4 Å². The number of carbonyl (C=O) groups excluding carboxylic acids is 2. The van der Waals surface area contributed by atoms with Crippen molar-refractivity contribution in [1.29, 1.82) is 0 Å². The van der Waals surface area contributed by atoms with Crippen molar-refractivity contribution in [1.82, 2.24) is 14.7 Å². The molecule has 3 amide bonds. The number of imide groups is 1. The Morgan fingerprint density at radius 2 is 1.85 bits per heavy atom. The van der Waals surface area contributed by atoms with Gasteiger partial charge in [0, 0.05) is 31.4 Å². The van der Waals surface area contributed by atoms with Crippen molar-refractivity contribution in [3.05, 3.63) is 72.9 Å². The number of urea groups is 1. The fourth-order valence-corrected chi connectivity index (χ4v) is 4.55. The number of benzene rings is 2. The first kappa shape index (κ1) is 21.6. The van der Waals surface area contributed by atoms with Crippen LogP contribution in [0.1, 0.15) is 5.56 Å². The van der Waals surface area contributed by atoms with Gasteiger partial charge in [-0.1, -0.05) is 36.4 Å². The van der Waals surface area contributed by atoms with Crippen LogP contribution in [0.4, 0.5) is 10.5 Å². The van der Waals surface area contributed by atoms with Crippen LogP contribution in [0, 0.1) is 0 Å². The third-order valence-corrected chi connectivity index (χ3v) is 6.22. The maximum Gasteiger partial charge on any atom is 0.328 e. The largest absolute Gasteiger partial charge is 0.497 e. The van der Waals surface area contributed by atoms with Crippen molar-refractivity contribution in [2.45, 2.75) is 12.2 Å². The number of nitrogens with zero attached hydrogens (tertiary/aromatic N) is 5. The summed E-state index contributed by atoms with van der Waals surface area (Å²) >= 11 is 0. The lowest BCUT2D eigenvalue weighted by atomic mass is 10.1. The normalized spacial score (nSPS) is 21.3. The molecule has 0 aliphatic carbocycles. The molecule has 2 atom stereocenters. The van der Waals surface area contributed by atoms with Crippen LogP contribution in [0.25, 0.3) is 5.70 Å². The Labute approximate surface area is 197 Å². The van der Waals surface area contributed by atoms with Gasteiger partial charge in [-0.3, -0.25) is 19.5 Å². The van der Waals surface area contributed by atoms with Gasteiger partial charge in [-0.2, -0.15) is 0 Å². The molecule has 2 aromatic carbocycles. The highest BCUT2D eigenvalue weighted by molar-refractivity contribution is 6.16. The van der Waals surface area contributed by atoms with Crippen molar-refractivity contribution in [2.75, 3.05) is 32.7 Å². The van der Waals surface area contributed by atoms with Gasteiger partial charge in [0.1, 0.15) is 11.5 Å². The van der Waals surface area contributed by atoms with E-state index in [1.165, 1.54) is 9.80 Å². The van der Waals surface area contributed by atoms with Gasteiger partial charge >= 0.3 is 6.03 Å². The summed E-state index contributed by atoms with van der Waals surface area (Å²) in [4.78, 5) is 37.6. The lowest BCUT2D eigenvalue weighted by molar-refractivity contribution is -0.136. The summed E-state index contributed by atoms with van der Waals surface area (Å²) < 4.78 is 11.1. The first-order valence-corrected chi connectivity index (χ1v) is 10.8. The van der Waals surface area contributed by atoms with Gasteiger partial charge in [0.25, 0.3) is 5.91 Å². The fraction of sp³-hybridized carbons (Fsp3) is 0.240. The molecule has 0 N–H and O–H groups in total. The second kappa shape index (κ2) is 8.26. The molecule has 2 aromatic rings. The number of hydrogen-bond donors (Lipinski definition) is 0.